The Hall–Kier alpha value is -1.01. The van der Waals surface area contributed by atoms with Crippen LogP contribution in [0, 0.1) is 0 Å². The Morgan fingerprint density at radius 1 is 1.38 bits per heavy atom. The van der Waals surface area contributed by atoms with Crippen LogP contribution in [0.1, 0.15) is 25.6 Å². The van der Waals surface area contributed by atoms with Crippen molar-refractivity contribution >= 4 is 27.5 Å². The Labute approximate surface area is 106 Å². The Bertz CT molecular complexity index is 469. The van der Waals surface area contributed by atoms with Crippen LogP contribution in [0.3, 0.4) is 0 Å². The van der Waals surface area contributed by atoms with Crippen LogP contribution in [0.4, 0.5) is 0 Å². The maximum absolute atomic E-state index is 5.53. The van der Waals surface area contributed by atoms with Crippen LogP contribution >= 0.6 is 27.5 Å². The number of hydrogen-bond acceptors (Lipinski definition) is 5. The fraction of sp³-hybridized carbons (Fsp3) is 0.300. The molecule has 0 fully saturated rings. The fourth-order valence-electron chi connectivity index (χ4n) is 1.02. The molecule has 2 heterocycles. The topological polar surface area (TPSA) is 47.9 Å². The summed E-state index contributed by atoms with van der Waals surface area (Å²) in [7, 11) is 0. The summed E-state index contributed by atoms with van der Waals surface area (Å²) in [6.45, 7) is 4.10. The summed E-state index contributed by atoms with van der Waals surface area (Å²) >= 11 is 4.52. The molecule has 0 spiro atoms. The first-order chi connectivity index (χ1) is 7.65. The molecule has 6 heteroatoms. The molecule has 2 aromatic heterocycles. The lowest BCUT2D eigenvalue weighted by atomic mass is 10.2. The van der Waals surface area contributed by atoms with Crippen LogP contribution < -0.4 is 4.74 Å². The van der Waals surface area contributed by atoms with Gasteiger partial charge in [-0.15, -0.1) is 0 Å². The largest absolute Gasteiger partial charge is 0.428 e. The Morgan fingerprint density at radius 3 is 2.75 bits per heavy atom. The summed E-state index contributed by atoms with van der Waals surface area (Å²) < 4.78 is 10.5. The number of aromatic nitrogens is 3. The summed E-state index contributed by atoms with van der Waals surface area (Å²) in [4.78, 5) is 8.34. The standard InChI is InChI=1S/C10H10BrN3OS/c1-6(2)9-13-10(16-14-9)15-7-3-4-8(11)12-5-7/h3-6H,1-2H3. The molecule has 0 unspecified atom stereocenters. The first-order valence-corrected chi connectivity index (χ1v) is 6.35. The molecule has 0 saturated heterocycles. The quantitative estimate of drug-likeness (QED) is 0.812. The maximum atomic E-state index is 5.53. The van der Waals surface area contributed by atoms with E-state index in [4.69, 9.17) is 4.74 Å². The first-order valence-electron chi connectivity index (χ1n) is 4.78. The second-order valence-corrected chi connectivity index (χ2v) is 5.02. The predicted octanol–water partition coefficient (Wildman–Crippen LogP) is 3.61. The molecule has 0 bridgehead atoms. The maximum Gasteiger partial charge on any atom is 0.298 e. The highest BCUT2D eigenvalue weighted by Crippen LogP contribution is 2.25. The zero-order valence-electron chi connectivity index (χ0n) is 8.85. The van der Waals surface area contributed by atoms with Crippen molar-refractivity contribution in [2.75, 3.05) is 0 Å². The Balaban J connectivity index is 2.11. The zero-order chi connectivity index (χ0) is 11.5. The van der Waals surface area contributed by atoms with Crippen LogP contribution in [0.25, 0.3) is 0 Å². The molecule has 0 aromatic carbocycles. The van der Waals surface area contributed by atoms with Gasteiger partial charge >= 0.3 is 0 Å². The highest BCUT2D eigenvalue weighted by molar-refractivity contribution is 9.10. The molecule has 2 rings (SSSR count). The molecule has 0 aliphatic rings. The minimum absolute atomic E-state index is 0.316. The monoisotopic (exact) mass is 299 g/mol. The molecule has 0 radical (unpaired) electrons. The van der Waals surface area contributed by atoms with E-state index in [2.05, 4.69) is 30.3 Å². The van der Waals surface area contributed by atoms with Gasteiger partial charge in [0.25, 0.3) is 5.19 Å². The van der Waals surface area contributed by atoms with Gasteiger partial charge in [0.05, 0.1) is 6.20 Å². The fourth-order valence-corrected chi connectivity index (χ4v) is 1.95. The van der Waals surface area contributed by atoms with E-state index in [0.29, 0.717) is 16.9 Å². The van der Waals surface area contributed by atoms with Gasteiger partial charge in [-0.2, -0.15) is 9.36 Å². The number of rotatable bonds is 3. The van der Waals surface area contributed by atoms with Crippen LogP contribution in [0.15, 0.2) is 22.9 Å². The average Bonchev–Trinajstić information content (AvgIpc) is 2.70. The third-order valence-corrected chi connectivity index (χ3v) is 2.92. The summed E-state index contributed by atoms with van der Waals surface area (Å²) in [5.74, 6) is 1.79. The lowest BCUT2D eigenvalue weighted by Crippen LogP contribution is -1.90. The predicted molar refractivity (Wildman–Crippen MR) is 66.0 cm³/mol. The average molecular weight is 300 g/mol. The lowest BCUT2D eigenvalue weighted by Gasteiger charge is -1.99. The number of nitrogens with zero attached hydrogens (tertiary/aromatic N) is 3. The first kappa shape index (κ1) is 11.5. The number of ether oxygens (including phenoxy) is 1. The molecule has 0 atom stereocenters. The molecule has 0 amide bonds. The molecule has 4 nitrogen and oxygen atoms in total. The van der Waals surface area contributed by atoms with Gasteiger partial charge in [0.15, 0.2) is 0 Å². The molecule has 2 aromatic rings. The highest BCUT2D eigenvalue weighted by Gasteiger charge is 2.09. The normalized spacial score (nSPS) is 10.8. The van der Waals surface area contributed by atoms with Gasteiger partial charge in [-0.3, -0.25) is 0 Å². The summed E-state index contributed by atoms with van der Waals surface area (Å²) in [5.41, 5.74) is 0. The van der Waals surface area contributed by atoms with Gasteiger partial charge in [-0.25, -0.2) is 4.98 Å². The van der Waals surface area contributed by atoms with Crippen molar-refractivity contribution < 1.29 is 4.74 Å². The SMILES string of the molecule is CC(C)c1nsc(Oc2ccc(Br)nc2)n1. The van der Waals surface area contributed by atoms with E-state index in [1.165, 1.54) is 11.5 Å². The smallest absolute Gasteiger partial charge is 0.298 e. The van der Waals surface area contributed by atoms with Gasteiger partial charge in [0.1, 0.15) is 16.2 Å². The second kappa shape index (κ2) is 4.88. The molecule has 0 aliphatic carbocycles. The number of halogens is 1. The highest BCUT2D eigenvalue weighted by atomic mass is 79.9. The molecule has 0 aliphatic heterocycles. The van der Waals surface area contributed by atoms with Gasteiger partial charge in [0, 0.05) is 17.5 Å². The third kappa shape index (κ3) is 2.76. The van der Waals surface area contributed by atoms with E-state index in [9.17, 15) is 0 Å². The summed E-state index contributed by atoms with van der Waals surface area (Å²) in [5, 5.41) is 0.549. The number of pyridine rings is 1. The summed E-state index contributed by atoms with van der Waals surface area (Å²) in [6, 6.07) is 3.65. The van der Waals surface area contributed by atoms with Crippen molar-refractivity contribution in [2.24, 2.45) is 0 Å². The van der Waals surface area contributed by atoms with E-state index >= 15 is 0 Å². The van der Waals surface area contributed by atoms with E-state index in [0.717, 1.165) is 10.4 Å². The van der Waals surface area contributed by atoms with Crippen molar-refractivity contribution in [3.05, 3.63) is 28.8 Å². The van der Waals surface area contributed by atoms with Crippen molar-refractivity contribution in [1.29, 1.82) is 0 Å². The lowest BCUT2D eigenvalue weighted by molar-refractivity contribution is 0.473. The van der Waals surface area contributed by atoms with Gasteiger partial charge in [-0.05, 0) is 28.1 Å². The molecule has 0 N–H and O–H groups in total. The molecular weight excluding hydrogens is 290 g/mol. The van der Waals surface area contributed by atoms with E-state index in [-0.39, 0.29) is 0 Å². The summed E-state index contributed by atoms with van der Waals surface area (Å²) in [6.07, 6.45) is 1.64. The minimum Gasteiger partial charge on any atom is -0.428 e. The van der Waals surface area contributed by atoms with Crippen molar-refractivity contribution in [1.82, 2.24) is 14.3 Å². The van der Waals surface area contributed by atoms with Gasteiger partial charge < -0.3 is 4.74 Å². The Kier molecular flexibility index (Phi) is 3.50. The van der Waals surface area contributed by atoms with Gasteiger partial charge in [-0.1, -0.05) is 13.8 Å². The zero-order valence-corrected chi connectivity index (χ0v) is 11.2. The van der Waals surface area contributed by atoms with Crippen LogP contribution in [-0.2, 0) is 0 Å². The van der Waals surface area contributed by atoms with Crippen molar-refractivity contribution in [2.45, 2.75) is 19.8 Å². The van der Waals surface area contributed by atoms with E-state index < -0.39 is 0 Å². The third-order valence-electron chi connectivity index (χ3n) is 1.84. The second-order valence-electron chi connectivity index (χ2n) is 3.49. The molecular formula is C10H10BrN3OS. The van der Waals surface area contributed by atoms with E-state index in [1.54, 1.807) is 6.20 Å². The Morgan fingerprint density at radius 2 is 2.19 bits per heavy atom. The minimum atomic E-state index is 0.316. The van der Waals surface area contributed by atoms with Crippen molar-refractivity contribution in [3.8, 4) is 10.9 Å². The molecule has 84 valence electrons. The van der Waals surface area contributed by atoms with Crippen LogP contribution in [0.5, 0.6) is 10.9 Å². The molecule has 0 saturated carbocycles. The molecule has 16 heavy (non-hydrogen) atoms. The van der Waals surface area contributed by atoms with Crippen LogP contribution in [0.2, 0.25) is 0 Å². The van der Waals surface area contributed by atoms with Crippen molar-refractivity contribution in [3.63, 3.8) is 0 Å². The van der Waals surface area contributed by atoms with Gasteiger partial charge in [0.2, 0.25) is 0 Å². The van der Waals surface area contributed by atoms with E-state index in [1.807, 2.05) is 26.0 Å². The number of hydrogen-bond donors (Lipinski definition) is 0. The van der Waals surface area contributed by atoms with Crippen LogP contribution in [-0.4, -0.2) is 14.3 Å².